The van der Waals surface area contributed by atoms with Crippen LogP contribution in [0.2, 0.25) is 5.02 Å². The molecule has 0 saturated carbocycles. The van der Waals surface area contributed by atoms with E-state index in [-0.39, 0.29) is 6.23 Å². The van der Waals surface area contributed by atoms with Crippen LogP contribution in [-0.4, -0.2) is 19.8 Å². The van der Waals surface area contributed by atoms with Crippen LogP contribution in [0.15, 0.2) is 72.8 Å². The Morgan fingerprint density at radius 2 is 1.85 bits per heavy atom. The third kappa shape index (κ3) is 4.30. The summed E-state index contributed by atoms with van der Waals surface area (Å²) < 4.78 is 5.99. The summed E-state index contributed by atoms with van der Waals surface area (Å²) >= 11 is 6.10. The predicted molar refractivity (Wildman–Crippen MR) is 112 cm³/mol. The number of hydrogen-bond donors (Lipinski definition) is 1. The minimum atomic E-state index is -0.101. The van der Waals surface area contributed by atoms with Crippen molar-refractivity contribution in [3.63, 3.8) is 0 Å². The second-order valence-electron chi connectivity index (χ2n) is 5.91. The summed E-state index contributed by atoms with van der Waals surface area (Å²) in [5, 5.41) is 3.84. The van der Waals surface area contributed by atoms with Gasteiger partial charge in [0.2, 0.25) is 0 Å². The second-order valence-corrected chi connectivity index (χ2v) is 6.34. The van der Waals surface area contributed by atoms with E-state index in [1.165, 1.54) is 5.56 Å². The van der Waals surface area contributed by atoms with Crippen LogP contribution in [0.25, 0.3) is 6.08 Å². The molecule has 1 unspecified atom stereocenters. The molecule has 0 fully saturated rings. The molecule has 0 aliphatic carbocycles. The average molecular weight is 367 g/mol. The zero-order valence-electron chi connectivity index (χ0n) is 15.0. The minimum absolute atomic E-state index is 0.101. The first kappa shape index (κ1) is 18.2. The molecular weight excluding hydrogens is 344 g/mol. The molecule has 134 valence electrons. The van der Waals surface area contributed by atoms with E-state index >= 15 is 0 Å². The van der Waals surface area contributed by atoms with Crippen LogP contribution >= 0.6 is 11.6 Å². The van der Waals surface area contributed by atoms with Gasteiger partial charge in [0.05, 0.1) is 5.69 Å². The maximum absolute atomic E-state index is 6.10. The molecule has 1 N–H and O–H groups in total. The van der Waals surface area contributed by atoms with Crippen molar-refractivity contribution in [3.8, 4) is 5.75 Å². The molecule has 0 amide bonds. The topological polar surface area (TPSA) is 24.5 Å². The van der Waals surface area contributed by atoms with Gasteiger partial charge in [-0.2, -0.15) is 0 Å². The molecule has 1 atom stereocenters. The lowest BCUT2D eigenvalue weighted by Crippen LogP contribution is -2.32. The van der Waals surface area contributed by atoms with Crippen LogP contribution in [0, 0.1) is 0 Å². The maximum atomic E-state index is 6.10. The SMILES string of the molecule is CCN1c2cc(Cl)ccc2OC1/C=C/C=C/C=C/c1ccc(NC)cc1. The number of benzene rings is 2. The first-order valence-electron chi connectivity index (χ1n) is 8.73. The molecule has 4 heteroatoms. The highest BCUT2D eigenvalue weighted by molar-refractivity contribution is 6.31. The van der Waals surface area contributed by atoms with Gasteiger partial charge < -0.3 is 15.0 Å². The van der Waals surface area contributed by atoms with Crippen LogP contribution in [0.5, 0.6) is 5.75 Å². The van der Waals surface area contributed by atoms with Crippen molar-refractivity contribution in [2.24, 2.45) is 0 Å². The molecule has 1 aliphatic rings. The van der Waals surface area contributed by atoms with Crippen molar-refractivity contribution in [1.82, 2.24) is 0 Å². The lowest BCUT2D eigenvalue weighted by Gasteiger charge is -2.20. The van der Waals surface area contributed by atoms with Gasteiger partial charge in [-0.1, -0.05) is 54.1 Å². The fraction of sp³-hybridized carbons (Fsp3) is 0.182. The Bertz CT molecular complexity index is 825. The molecule has 0 saturated heterocycles. The summed E-state index contributed by atoms with van der Waals surface area (Å²) in [4.78, 5) is 2.19. The molecule has 0 aromatic heterocycles. The number of anilines is 2. The van der Waals surface area contributed by atoms with Gasteiger partial charge in [-0.3, -0.25) is 0 Å². The van der Waals surface area contributed by atoms with Crippen molar-refractivity contribution in [1.29, 1.82) is 0 Å². The molecule has 1 aliphatic heterocycles. The first-order valence-corrected chi connectivity index (χ1v) is 9.11. The third-order valence-corrected chi connectivity index (χ3v) is 4.46. The van der Waals surface area contributed by atoms with E-state index in [1.54, 1.807) is 0 Å². The van der Waals surface area contributed by atoms with Gasteiger partial charge in [-0.25, -0.2) is 0 Å². The number of halogens is 1. The van der Waals surface area contributed by atoms with Crippen molar-refractivity contribution in [3.05, 3.63) is 83.4 Å². The standard InChI is InChI=1S/C22H23ClN2O/c1-3-25-20-16-18(23)12-15-21(20)26-22(25)9-7-5-4-6-8-17-10-13-19(24-2)14-11-17/h4-16,22,24H,3H2,1-2H3/b5-4+,8-6+,9-7+. The van der Waals surface area contributed by atoms with Gasteiger partial charge in [0.1, 0.15) is 5.75 Å². The molecular formula is C22H23ClN2O. The number of hydrogen-bond acceptors (Lipinski definition) is 3. The predicted octanol–water partition coefficient (Wildman–Crippen LogP) is 5.75. The Balaban J connectivity index is 1.58. The number of allylic oxidation sites excluding steroid dienone is 4. The number of rotatable bonds is 6. The summed E-state index contributed by atoms with van der Waals surface area (Å²) in [5.41, 5.74) is 3.32. The highest BCUT2D eigenvalue weighted by Crippen LogP contribution is 2.39. The number of likely N-dealkylation sites (N-methyl/N-ethyl adjacent to an activating group) is 1. The largest absolute Gasteiger partial charge is 0.465 e. The smallest absolute Gasteiger partial charge is 0.192 e. The monoisotopic (exact) mass is 366 g/mol. The molecule has 0 radical (unpaired) electrons. The first-order chi connectivity index (χ1) is 12.7. The van der Waals surface area contributed by atoms with Gasteiger partial charge in [-0.15, -0.1) is 0 Å². The highest BCUT2D eigenvalue weighted by atomic mass is 35.5. The van der Waals surface area contributed by atoms with E-state index in [9.17, 15) is 0 Å². The summed E-state index contributed by atoms with van der Waals surface area (Å²) in [5.74, 6) is 0.875. The van der Waals surface area contributed by atoms with Gasteiger partial charge in [-0.05, 0) is 48.9 Å². The van der Waals surface area contributed by atoms with Crippen molar-refractivity contribution in [2.75, 3.05) is 23.8 Å². The van der Waals surface area contributed by atoms with E-state index in [0.29, 0.717) is 0 Å². The van der Waals surface area contributed by atoms with Crippen LogP contribution < -0.4 is 15.0 Å². The zero-order valence-corrected chi connectivity index (χ0v) is 15.8. The summed E-state index contributed by atoms with van der Waals surface area (Å²) in [6.07, 6.45) is 12.1. The van der Waals surface area contributed by atoms with E-state index in [0.717, 1.165) is 28.7 Å². The lowest BCUT2D eigenvalue weighted by atomic mass is 10.2. The molecule has 2 aromatic carbocycles. The Morgan fingerprint density at radius 3 is 2.58 bits per heavy atom. The van der Waals surface area contributed by atoms with E-state index in [4.69, 9.17) is 16.3 Å². The summed E-state index contributed by atoms with van der Waals surface area (Å²) in [6, 6.07) is 14.0. The Labute approximate surface area is 160 Å². The number of ether oxygens (including phenoxy) is 1. The number of fused-ring (bicyclic) bond motifs is 1. The van der Waals surface area contributed by atoms with E-state index < -0.39 is 0 Å². The number of nitrogens with one attached hydrogen (secondary N) is 1. The Morgan fingerprint density at radius 1 is 1.08 bits per heavy atom. The maximum Gasteiger partial charge on any atom is 0.192 e. The fourth-order valence-electron chi connectivity index (χ4n) is 2.85. The minimum Gasteiger partial charge on any atom is -0.465 e. The quantitative estimate of drug-likeness (QED) is 0.658. The van der Waals surface area contributed by atoms with Gasteiger partial charge >= 0.3 is 0 Å². The second kappa shape index (κ2) is 8.63. The van der Waals surface area contributed by atoms with Crippen LogP contribution in [0.4, 0.5) is 11.4 Å². The van der Waals surface area contributed by atoms with Crippen molar-refractivity contribution >= 4 is 29.1 Å². The zero-order chi connectivity index (χ0) is 18.4. The fourth-order valence-corrected chi connectivity index (χ4v) is 3.02. The van der Waals surface area contributed by atoms with Gasteiger partial charge in [0, 0.05) is 24.3 Å². The molecule has 2 aromatic rings. The third-order valence-electron chi connectivity index (χ3n) is 4.22. The van der Waals surface area contributed by atoms with Crippen LogP contribution in [0.1, 0.15) is 12.5 Å². The summed E-state index contributed by atoms with van der Waals surface area (Å²) in [7, 11) is 1.92. The van der Waals surface area contributed by atoms with E-state index in [2.05, 4.69) is 47.5 Å². The molecule has 0 bridgehead atoms. The van der Waals surface area contributed by atoms with Crippen molar-refractivity contribution < 1.29 is 4.74 Å². The van der Waals surface area contributed by atoms with Crippen LogP contribution in [0.3, 0.4) is 0 Å². The molecule has 3 rings (SSSR count). The van der Waals surface area contributed by atoms with Gasteiger partial charge in [0.15, 0.2) is 6.23 Å². The molecule has 0 spiro atoms. The van der Waals surface area contributed by atoms with Crippen molar-refractivity contribution in [2.45, 2.75) is 13.2 Å². The average Bonchev–Trinajstić information content (AvgIpc) is 3.01. The highest BCUT2D eigenvalue weighted by Gasteiger charge is 2.27. The lowest BCUT2D eigenvalue weighted by molar-refractivity contribution is 0.275. The molecule has 1 heterocycles. The Hall–Kier alpha value is -2.65. The molecule has 3 nitrogen and oxygen atoms in total. The number of nitrogens with zero attached hydrogens (tertiary/aromatic N) is 1. The Kier molecular flexibility index (Phi) is 6.03. The molecule has 26 heavy (non-hydrogen) atoms. The van der Waals surface area contributed by atoms with Gasteiger partial charge in [0.25, 0.3) is 0 Å². The summed E-state index contributed by atoms with van der Waals surface area (Å²) in [6.45, 7) is 2.96. The normalized spacial score (nSPS) is 16.6. The van der Waals surface area contributed by atoms with Crippen LogP contribution in [-0.2, 0) is 0 Å². The van der Waals surface area contributed by atoms with E-state index in [1.807, 2.05) is 55.6 Å².